The molecule has 9 nitrogen and oxygen atoms in total. The average molecular weight is 508 g/mol. The molecule has 37 heavy (non-hydrogen) atoms. The molecule has 3 aromatic rings. The highest BCUT2D eigenvalue weighted by Gasteiger charge is 2.20. The van der Waals surface area contributed by atoms with E-state index in [2.05, 4.69) is 34.1 Å². The molecule has 1 aromatic heterocycles. The van der Waals surface area contributed by atoms with Crippen molar-refractivity contribution in [3.63, 3.8) is 0 Å². The number of anilines is 1. The van der Waals surface area contributed by atoms with Gasteiger partial charge in [-0.25, -0.2) is 4.68 Å². The lowest BCUT2D eigenvalue weighted by Gasteiger charge is -2.31. The topological polar surface area (TPSA) is 93.4 Å². The predicted octanol–water partition coefficient (Wildman–Crippen LogP) is 6.08. The Morgan fingerprint density at radius 3 is 2.30 bits per heavy atom. The molecule has 2 heterocycles. The molecule has 4 rings (SSSR count). The molecule has 0 atom stereocenters. The molecule has 0 radical (unpaired) electrons. The Labute approximate surface area is 218 Å². The quantitative estimate of drug-likeness (QED) is 0.237. The van der Waals surface area contributed by atoms with E-state index in [0.717, 1.165) is 55.9 Å². The number of aromatic amines is 1. The lowest BCUT2D eigenvalue weighted by molar-refractivity contribution is 0.122. The maximum absolute atomic E-state index is 13.1. The standard InChI is InChI=1S/C28H37N5O4/c1-4-6-15-36-25-20-24(32-13-17-35-18-14-32)26(37-16-7-5-2)19-23(25)29-30-27-21(3)31-33(28(27)34)22-11-9-8-10-12-22/h8-12,19-20,31H,4-7,13-18H2,1-3H3. The van der Waals surface area contributed by atoms with Gasteiger partial charge in [-0.1, -0.05) is 44.9 Å². The normalized spacial score (nSPS) is 13.9. The molecule has 1 aliphatic rings. The molecular formula is C28H37N5O4. The number of nitrogens with one attached hydrogen (secondary N) is 1. The van der Waals surface area contributed by atoms with E-state index in [1.165, 1.54) is 4.68 Å². The largest absolute Gasteiger partial charge is 0.491 e. The first-order valence-electron chi connectivity index (χ1n) is 13.2. The zero-order valence-electron chi connectivity index (χ0n) is 22.0. The van der Waals surface area contributed by atoms with Crippen molar-refractivity contribution in [2.45, 2.75) is 46.5 Å². The second kappa shape index (κ2) is 13.1. The minimum Gasteiger partial charge on any atom is -0.491 e. The fourth-order valence-corrected chi connectivity index (χ4v) is 4.07. The van der Waals surface area contributed by atoms with E-state index in [4.69, 9.17) is 14.2 Å². The van der Waals surface area contributed by atoms with Crippen LogP contribution in [0.4, 0.5) is 17.1 Å². The molecule has 0 aliphatic carbocycles. The van der Waals surface area contributed by atoms with Crippen molar-refractivity contribution in [3.8, 4) is 17.2 Å². The predicted molar refractivity (Wildman–Crippen MR) is 146 cm³/mol. The van der Waals surface area contributed by atoms with Crippen LogP contribution < -0.4 is 19.9 Å². The zero-order valence-corrected chi connectivity index (χ0v) is 22.0. The molecule has 0 saturated carbocycles. The highest BCUT2D eigenvalue weighted by Crippen LogP contribution is 2.41. The molecule has 1 N–H and O–H groups in total. The number of hydrogen-bond donors (Lipinski definition) is 1. The van der Waals surface area contributed by atoms with Crippen LogP contribution in [0.1, 0.15) is 45.2 Å². The lowest BCUT2D eigenvalue weighted by Crippen LogP contribution is -2.36. The van der Waals surface area contributed by atoms with Gasteiger partial charge in [-0.2, -0.15) is 0 Å². The summed E-state index contributed by atoms with van der Waals surface area (Å²) >= 11 is 0. The molecule has 0 unspecified atom stereocenters. The third-order valence-corrected chi connectivity index (χ3v) is 6.22. The monoisotopic (exact) mass is 507 g/mol. The second-order valence-electron chi connectivity index (χ2n) is 9.05. The first-order chi connectivity index (χ1) is 18.1. The summed E-state index contributed by atoms with van der Waals surface area (Å²) in [6, 6.07) is 13.3. The van der Waals surface area contributed by atoms with E-state index in [1.807, 2.05) is 49.4 Å². The van der Waals surface area contributed by atoms with Crippen LogP contribution in [0.15, 0.2) is 57.5 Å². The van der Waals surface area contributed by atoms with Crippen molar-refractivity contribution < 1.29 is 14.2 Å². The molecule has 9 heteroatoms. The summed E-state index contributed by atoms with van der Waals surface area (Å²) in [6.45, 7) is 10.2. The summed E-state index contributed by atoms with van der Waals surface area (Å²) in [5, 5.41) is 12.0. The molecule has 0 spiro atoms. The summed E-state index contributed by atoms with van der Waals surface area (Å²) in [5.41, 5.74) is 2.87. The van der Waals surface area contributed by atoms with E-state index in [1.54, 1.807) is 0 Å². The van der Waals surface area contributed by atoms with Gasteiger partial charge >= 0.3 is 0 Å². The molecular weight excluding hydrogens is 470 g/mol. The van der Waals surface area contributed by atoms with Gasteiger partial charge in [0.2, 0.25) is 0 Å². The maximum atomic E-state index is 13.1. The number of aryl methyl sites for hydroxylation is 1. The highest BCUT2D eigenvalue weighted by molar-refractivity contribution is 5.70. The Hall–Kier alpha value is -3.59. The van der Waals surface area contributed by atoms with Gasteiger partial charge in [0, 0.05) is 25.2 Å². The Balaban J connectivity index is 1.71. The molecule has 1 fully saturated rings. The van der Waals surface area contributed by atoms with E-state index in [0.29, 0.717) is 43.6 Å². The van der Waals surface area contributed by atoms with Gasteiger partial charge < -0.3 is 19.1 Å². The lowest BCUT2D eigenvalue weighted by atomic mass is 10.2. The van der Waals surface area contributed by atoms with Crippen LogP contribution >= 0.6 is 0 Å². The van der Waals surface area contributed by atoms with Crippen LogP contribution in [0, 0.1) is 6.92 Å². The van der Waals surface area contributed by atoms with E-state index < -0.39 is 0 Å². The number of benzene rings is 2. The minimum atomic E-state index is -0.259. The van der Waals surface area contributed by atoms with Gasteiger partial charge in [0.25, 0.3) is 5.56 Å². The minimum absolute atomic E-state index is 0.258. The van der Waals surface area contributed by atoms with Crippen molar-refractivity contribution in [2.24, 2.45) is 10.2 Å². The third-order valence-electron chi connectivity index (χ3n) is 6.22. The molecule has 1 saturated heterocycles. The van der Waals surface area contributed by atoms with Crippen LogP contribution in [0.5, 0.6) is 11.5 Å². The Bertz CT molecular complexity index is 1230. The summed E-state index contributed by atoms with van der Waals surface area (Å²) in [4.78, 5) is 15.4. The molecule has 198 valence electrons. The first-order valence-corrected chi connectivity index (χ1v) is 13.2. The van der Waals surface area contributed by atoms with Crippen LogP contribution in [0.2, 0.25) is 0 Å². The number of morpholine rings is 1. The van der Waals surface area contributed by atoms with Gasteiger partial charge in [-0.3, -0.25) is 9.89 Å². The van der Waals surface area contributed by atoms with E-state index in [-0.39, 0.29) is 11.2 Å². The Kier molecular flexibility index (Phi) is 9.37. The van der Waals surface area contributed by atoms with Crippen molar-refractivity contribution in [3.05, 3.63) is 58.5 Å². The fraction of sp³-hybridized carbons (Fsp3) is 0.464. The SMILES string of the molecule is CCCCOc1cc(N2CCOCC2)c(OCCCC)cc1N=Nc1c(C)[nH]n(-c2ccccc2)c1=O. The number of unbranched alkanes of at least 4 members (excludes halogenated alkanes) is 2. The van der Waals surface area contributed by atoms with Crippen LogP contribution in [0.3, 0.4) is 0 Å². The van der Waals surface area contributed by atoms with Gasteiger partial charge in [-0.15, -0.1) is 10.2 Å². The third kappa shape index (κ3) is 6.60. The summed E-state index contributed by atoms with van der Waals surface area (Å²) < 4.78 is 19.4. The molecule has 0 bridgehead atoms. The van der Waals surface area contributed by atoms with Gasteiger partial charge in [0.05, 0.1) is 43.5 Å². The number of para-hydroxylation sites is 1. The van der Waals surface area contributed by atoms with Crippen molar-refractivity contribution >= 4 is 17.1 Å². The smallest absolute Gasteiger partial charge is 0.299 e. The number of aromatic nitrogens is 2. The fourth-order valence-electron chi connectivity index (χ4n) is 4.07. The van der Waals surface area contributed by atoms with Crippen molar-refractivity contribution in [2.75, 3.05) is 44.4 Å². The summed E-state index contributed by atoms with van der Waals surface area (Å²) in [6.07, 6.45) is 3.94. The van der Waals surface area contributed by atoms with Gasteiger partial charge in [0.15, 0.2) is 5.69 Å². The number of ether oxygens (including phenoxy) is 3. The zero-order chi connectivity index (χ0) is 26.0. The van der Waals surface area contributed by atoms with E-state index >= 15 is 0 Å². The number of H-pyrrole nitrogens is 1. The van der Waals surface area contributed by atoms with Crippen LogP contribution in [0.25, 0.3) is 5.69 Å². The first kappa shape index (κ1) is 26.5. The Morgan fingerprint density at radius 2 is 1.62 bits per heavy atom. The molecule has 1 aliphatic heterocycles. The van der Waals surface area contributed by atoms with Gasteiger partial charge in [-0.05, 0) is 31.9 Å². The van der Waals surface area contributed by atoms with Crippen LogP contribution in [-0.4, -0.2) is 49.3 Å². The number of azo groups is 1. The second-order valence-corrected chi connectivity index (χ2v) is 9.05. The van der Waals surface area contributed by atoms with E-state index in [9.17, 15) is 4.79 Å². The number of rotatable bonds is 12. The van der Waals surface area contributed by atoms with Crippen LogP contribution in [-0.2, 0) is 4.74 Å². The summed E-state index contributed by atoms with van der Waals surface area (Å²) in [7, 11) is 0. The molecule has 0 amide bonds. The highest BCUT2D eigenvalue weighted by atomic mass is 16.5. The number of hydrogen-bond acceptors (Lipinski definition) is 7. The van der Waals surface area contributed by atoms with Crippen molar-refractivity contribution in [1.29, 1.82) is 0 Å². The van der Waals surface area contributed by atoms with Gasteiger partial charge in [0.1, 0.15) is 17.2 Å². The maximum Gasteiger partial charge on any atom is 0.299 e. The average Bonchev–Trinajstić information content (AvgIpc) is 3.22. The number of nitrogens with zero attached hydrogens (tertiary/aromatic N) is 4. The van der Waals surface area contributed by atoms with Crippen molar-refractivity contribution in [1.82, 2.24) is 9.78 Å². The summed E-state index contributed by atoms with van der Waals surface area (Å²) in [5.74, 6) is 1.36. The Morgan fingerprint density at radius 1 is 0.946 bits per heavy atom. The molecule has 2 aromatic carbocycles.